The molecular weight excluding hydrogens is 270 g/mol. The topological polar surface area (TPSA) is 62.3 Å². The third-order valence-corrected chi connectivity index (χ3v) is 4.79. The van der Waals surface area contributed by atoms with Gasteiger partial charge in [-0.3, -0.25) is 10.3 Å². The molecule has 5 heteroatoms. The van der Waals surface area contributed by atoms with Crippen LogP contribution in [-0.4, -0.2) is 41.4 Å². The first-order valence-electron chi connectivity index (χ1n) is 6.79. The summed E-state index contributed by atoms with van der Waals surface area (Å²) in [7, 11) is 1.68. The fourth-order valence-corrected chi connectivity index (χ4v) is 3.74. The van der Waals surface area contributed by atoms with Crippen LogP contribution in [0.25, 0.3) is 0 Å². The highest BCUT2D eigenvalue weighted by Crippen LogP contribution is 2.31. The second-order valence-electron chi connectivity index (χ2n) is 5.76. The minimum atomic E-state index is 0.100. The quantitative estimate of drug-likeness (QED) is 0.660. The molecule has 0 aromatic heterocycles. The lowest BCUT2D eigenvalue weighted by Crippen LogP contribution is -2.42. The summed E-state index contributed by atoms with van der Waals surface area (Å²) in [5.74, 6) is 2.12. The number of nitrogens with zero attached hydrogens (tertiary/aromatic N) is 1. The van der Waals surface area contributed by atoms with Gasteiger partial charge >= 0.3 is 0 Å². The van der Waals surface area contributed by atoms with Crippen LogP contribution >= 0.6 is 11.8 Å². The standard InChI is InChI=1S/C15H23N3OS/c1-15(2)10-18(6-7-20-15)9-12-8-11(14(16)17)4-5-13(12)19-3/h4-5,8H,6-7,9-10H2,1-3H3,(H3,16,17). The first-order chi connectivity index (χ1) is 9.41. The van der Waals surface area contributed by atoms with E-state index < -0.39 is 0 Å². The molecule has 1 aromatic rings. The van der Waals surface area contributed by atoms with E-state index in [4.69, 9.17) is 15.9 Å². The monoisotopic (exact) mass is 293 g/mol. The summed E-state index contributed by atoms with van der Waals surface area (Å²) in [5.41, 5.74) is 7.43. The normalized spacial score (nSPS) is 18.8. The van der Waals surface area contributed by atoms with Crippen LogP contribution in [0.5, 0.6) is 5.75 Å². The summed E-state index contributed by atoms with van der Waals surface area (Å²) < 4.78 is 5.73. The Morgan fingerprint density at radius 3 is 2.85 bits per heavy atom. The highest BCUT2D eigenvalue weighted by Gasteiger charge is 2.27. The average Bonchev–Trinajstić information content (AvgIpc) is 2.37. The third kappa shape index (κ3) is 3.67. The molecule has 0 saturated carbocycles. The Morgan fingerprint density at radius 2 is 2.25 bits per heavy atom. The Kier molecular flexibility index (Phi) is 4.60. The maximum absolute atomic E-state index is 7.56. The van der Waals surface area contributed by atoms with Crippen LogP contribution in [0.3, 0.4) is 0 Å². The predicted octanol–water partition coefficient (Wildman–Crippen LogP) is 2.31. The summed E-state index contributed by atoms with van der Waals surface area (Å²) in [5, 5.41) is 7.56. The van der Waals surface area contributed by atoms with Gasteiger partial charge in [0.2, 0.25) is 0 Å². The van der Waals surface area contributed by atoms with Crippen LogP contribution in [0.2, 0.25) is 0 Å². The predicted molar refractivity (Wildman–Crippen MR) is 85.8 cm³/mol. The van der Waals surface area contributed by atoms with Crippen molar-refractivity contribution in [2.75, 3.05) is 26.0 Å². The lowest BCUT2D eigenvalue weighted by atomic mass is 10.1. The van der Waals surface area contributed by atoms with Crippen LogP contribution in [0, 0.1) is 5.41 Å². The van der Waals surface area contributed by atoms with Gasteiger partial charge in [-0.05, 0) is 32.0 Å². The van der Waals surface area contributed by atoms with Crippen LogP contribution in [-0.2, 0) is 6.54 Å². The van der Waals surface area contributed by atoms with Crippen molar-refractivity contribution >= 4 is 17.6 Å². The molecular formula is C15H23N3OS. The summed E-state index contributed by atoms with van der Waals surface area (Å²) in [4.78, 5) is 2.44. The maximum Gasteiger partial charge on any atom is 0.123 e. The first kappa shape index (κ1) is 15.2. The Morgan fingerprint density at radius 1 is 1.50 bits per heavy atom. The van der Waals surface area contributed by atoms with Crippen molar-refractivity contribution in [1.29, 1.82) is 5.41 Å². The number of ether oxygens (including phenoxy) is 1. The number of nitrogens with one attached hydrogen (secondary N) is 1. The number of amidine groups is 1. The Bertz CT molecular complexity index is 502. The second kappa shape index (κ2) is 6.06. The molecule has 0 amide bonds. The number of rotatable bonds is 4. The van der Waals surface area contributed by atoms with Gasteiger partial charge in [0.05, 0.1) is 7.11 Å². The van der Waals surface area contributed by atoms with Crippen molar-refractivity contribution in [2.24, 2.45) is 5.73 Å². The highest BCUT2D eigenvalue weighted by molar-refractivity contribution is 8.00. The number of methoxy groups -OCH3 is 1. The lowest BCUT2D eigenvalue weighted by Gasteiger charge is -2.37. The summed E-state index contributed by atoms with van der Waals surface area (Å²) in [6, 6.07) is 5.70. The molecule has 1 saturated heterocycles. The van der Waals surface area contributed by atoms with Crippen molar-refractivity contribution in [3.05, 3.63) is 29.3 Å². The van der Waals surface area contributed by atoms with E-state index >= 15 is 0 Å². The molecule has 110 valence electrons. The van der Waals surface area contributed by atoms with E-state index in [1.165, 1.54) is 0 Å². The zero-order valence-corrected chi connectivity index (χ0v) is 13.2. The van der Waals surface area contributed by atoms with Gasteiger partial charge in [0.1, 0.15) is 11.6 Å². The van der Waals surface area contributed by atoms with Crippen LogP contribution < -0.4 is 10.5 Å². The zero-order valence-electron chi connectivity index (χ0n) is 12.4. The van der Waals surface area contributed by atoms with E-state index in [1.54, 1.807) is 7.11 Å². The van der Waals surface area contributed by atoms with Crippen LogP contribution in [0.15, 0.2) is 18.2 Å². The van der Waals surface area contributed by atoms with E-state index in [1.807, 2.05) is 30.0 Å². The smallest absolute Gasteiger partial charge is 0.123 e. The van der Waals surface area contributed by atoms with Crippen molar-refractivity contribution < 1.29 is 4.74 Å². The molecule has 1 aliphatic heterocycles. The van der Waals surface area contributed by atoms with Crippen LogP contribution in [0.1, 0.15) is 25.0 Å². The number of benzene rings is 1. The minimum absolute atomic E-state index is 0.100. The highest BCUT2D eigenvalue weighted by atomic mass is 32.2. The molecule has 2 rings (SSSR count). The van der Waals surface area contributed by atoms with Gasteiger partial charge < -0.3 is 10.5 Å². The van der Waals surface area contributed by atoms with Gasteiger partial charge in [-0.1, -0.05) is 0 Å². The molecule has 20 heavy (non-hydrogen) atoms. The fourth-order valence-electron chi connectivity index (χ4n) is 2.56. The lowest BCUT2D eigenvalue weighted by molar-refractivity contribution is 0.248. The molecule has 4 nitrogen and oxygen atoms in total. The molecule has 0 atom stereocenters. The van der Waals surface area contributed by atoms with Gasteiger partial charge in [0.25, 0.3) is 0 Å². The molecule has 1 aromatic carbocycles. The Labute approximate surface area is 125 Å². The molecule has 0 radical (unpaired) electrons. The molecule has 0 bridgehead atoms. The number of hydrogen-bond acceptors (Lipinski definition) is 4. The zero-order chi connectivity index (χ0) is 14.8. The van der Waals surface area contributed by atoms with Crippen molar-refractivity contribution in [1.82, 2.24) is 4.90 Å². The van der Waals surface area contributed by atoms with E-state index in [0.29, 0.717) is 4.75 Å². The molecule has 1 aliphatic rings. The Hall–Kier alpha value is -1.20. The molecule has 1 heterocycles. The molecule has 1 fully saturated rings. The van der Waals surface area contributed by atoms with Gasteiger partial charge in [-0.2, -0.15) is 11.8 Å². The van der Waals surface area contributed by atoms with Gasteiger partial charge in [-0.25, -0.2) is 0 Å². The average molecular weight is 293 g/mol. The summed E-state index contributed by atoms with van der Waals surface area (Å²) >= 11 is 2.03. The van der Waals surface area contributed by atoms with E-state index in [-0.39, 0.29) is 5.84 Å². The van der Waals surface area contributed by atoms with Crippen molar-refractivity contribution in [2.45, 2.75) is 25.1 Å². The van der Waals surface area contributed by atoms with Crippen molar-refractivity contribution in [3.8, 4) is 5.75 Å². The molecule has 0 aliphatic carbocycles. The van der Waals surface area contributed by atoms with E-state index in [9.17, 15) is 0 Å². The first-order valence-corrected chi connectivity index (χ1v) is 7.77. The number of nitrogens with two attached hydrogens (primary N) is 1. The number of hydrogen-bond donors (Lipinski definition) is 2. The van der Waals surface area contributed by atoms with E-state index in [2.05, 4.69) is 18.7 Å². The second-order valence-corrected chi connectivity index (χ2v) is 7.56. The van der Waals surface area contributed by atoms with Crippen LogP contribution in [0.4, 0.5) is 0 Å². The van der Waals surface area contributed by atoms with Gasteiger partial charge in [-0.15, -0.1) is 0 Å². The number of thioether (sulfide) groups is 1. The van der Waals surface area contributed by atoms with Gasteiger partial charge in [0, 0.05) is 41.3 Å². The summed E-state index contributed by atoms with van der Waals surface area (Å²) in [6.07, 6.45) is 0. The van der Waals surface area contributed by atoms with Crippen molar-refractivity contribution in [3.63, 3.8) is 0 Å². The number of nitrogen functional groups attached to an aromatic ring is 1. The van der Waals surface area contributed by atoms with E-state index in [0.717, 1.165) is 42.3 Å². The fraction of sp³-hybridized carbons (Fsp3) is 0.533. The molecule has 0 unspecified atom stereocenters. The van der Waals surface area contributed by atoms with Gasteiger partial charge in [0.15, 0.2) is 0 Å². The maximum atomic E-state index is 7.56. The summed E-state index contributed by atoms with van der Waals surface area (Å²) in [6.45, 7) is 7.56. The molecule has 3 N–H and O–H groups in total. The Balaban J connectivity index is 2.18. The minimum Gasteiger partial charge on any atom is -0.496 e. The SMILES string of the molecule is COc1ccc(C(=N)N)cc1CN1CCSC(C)(C)C1. The third-order valence-electron chi connectivity index (χ3n) is 3.49. The largest absolute Gasteiger partial charge is 0.496 e. The molecule has 0 spiro atoms.